The molecule has 1 aromatic heterocycles. The summed E-state index contributed by atoms with van der Waals surface area (Å²) >= 11 is 5.24. The van der Waals surface area contributed by atoms with Gasteiger partial charge in [-0.2, -0.15) is 16.8 Å². The fourth-order valence-corrected chi connectivity index (χ4v) is 5.39. The van der Waals surface area contributed by atoms with E-state index in [9.17, 15) is 4.79 Å². The van der Waals surface area contributed by atoms with Crippen molar-refractivity contribution in [2.75, 3.05) is 17.8 Å². The summed E-state index contributed by atoms with van der Waals surface area (Å²) in [7, 11) is 0. The lowest BCUT2D eigenvalue weighted by Gasteiger charge is -2.06. The highest BCUT2D eigenvalue weighted by atomic mass is 32.2. The number of hydrogen-bond acceptors (Lipinski definition) is 4. The second-order valence-electron chi connectivity index (χ2n) is 7.20. The Hall–Kier alpha value is -1.50. The summed E-state index contributed by atoms with van der Waals surface area (Å²) in [6.07, 6.45) is 3.45. The topological polar surface area (TPSA) is 34.4 Å². The second kappa shape index (κ2) is 10.5. The molecule has 0 atom stereocenters. The number of aryl methyl sites for hydroxylation is 4. The third-order valence-electron chi connectivity index (χ3n) is 4.86. The third-order valence-corrected chi connectivity index (χ3v) is 7.59. The lowest BCUT2D eigenvalue weighted by atomic mass is 10.1. The summed E-state index contributed by atoms with van der Waals surface area (Å²) in [6, 6.07) is 13.0. The highest BCUT2D eigenvalue weighted by Gasteiger charge is 2.10. The number of aromatic nitrogens is 1. The van der Waals surface area contributed by atoms with Gasteiger partial charge in [-0.05, 0) is 74.6 Å². The number of hydrogen-bond donors (Lipinski definition) is 0. The summed E-state index contributed by atoms with van der Waals surface area (Å²) < 4.78 is 3.41. The molecule has 0 bridgehead atoms. The van der Waals surface area contributed by atoms with E-state index in [4.69, 9.17) is 0 Å². The number of carbonyl (C=O) groups is 1. The van der Waals surface area contributed by atoms with Crippen LogP contribution in [0, 0.1) is 20.8 Å². The van der Waals surface area contributed by atoms with Gasteiger partial charge in [-0.1, -0.05) is 29.0 Å². The Kier molecular flexibility index (Phi) is 8.04. The Labute approximate surface area is 185 Å². The Bertz CT molecular complexity index is 1050. The standard InChI is InChI=1S/C23H28N2OS3/c1-16-7-9-19(10-8-16)28-12-5-6-22(26)24-23-25(11-13-27-4)20-14-17(2)18(3)15-21(20)29-23/h7-10,14-15H,5-6,11-13H2,1-4H3. The van der Waals surface area contributed by atoms with Crippen LogP contribution < -0.4 is 4.80 Å². The molecule has 154 valence electrons. The molecule has 0 unspecified atom stereocenters. The van der Waals surface area contributed by atoms with Crippen molar-refractivity contribution in [3.05, 3.63) is 57.9 Å². The van der Waals surface area contributed by atoms with Crippen molar-refractivity contribution in [2.24, 2.45) is 4.99 Å². The van der Waals surface area contributed by atoms with Crippen LogP contribution in [0.3, 0.4) is 0 Å². The maximum atomic E-state index is 12.5. The minimum Gasteiger partial charge on any atom is -0.316 e. The average Bonchev–Trinajstić information content (AvgIpc) is 3.01. The number of nitrogens with zero attached hydrogens (tertiary/aromatic N) is 2. The van der Waals surface area contributed by atoms with Gasteiger partial charge in [0.25, 0.3) is 0 Å². The number of thiazole rings is 1. The fraction of sp³-hybridized carbons (Fsp3) is 0.391. The first-order valence-corrected chi connectivity index (χ1v) is 13.0. The van der Waals surface area contributed by atoms with Crippen molar-refractivity contribution < 1.29 is 4.79 Å². The molecule has 1 amide bonds. The molecular weight excluding hydrogens is 416 g/mol. The number of amides is 1. The zero-order valence-electron chi connectivity index (χ0n) is 17.5. The molecule has 3 aromatic rings. The van der Waals surface area contributed by atoms with Gasteiger partial charge < -0.3 is 4.57 Å². The SMILES string of the molecule is CSCCn1c(=NC(=O)CCCSc2ccc(C)cc2)sc2cc(C)c(C)cc21. The summed E-state index contributed by atoms with van der Waals surface area (Å²) in [4.78, 5) is 19.1. The van der Waals surface area contributed by atoms with Gasteiger partial charge in [-0.15, -0.1) is 11.8 Å². The van der Waals surface area contributed by atoms with Crippen molar-refractivity contribution in [3.8, 4) is 0 Å². The molecule has 0 saturated carbocycles. The third kappa shape index (κ3) is 6.00. The monoisotopic (exact) mass is 444 g/mol. The van der Waals surface area contributed by atoms with E-state index in [0.717, 1.165) is 29.3 Å². The van der Waals surface area contributed by atoms with E-state index >= 15 is 0 Å². The highest BCUT2D eigenvalue weighted by molar-refractivity contribution is 7.99. The van der Waals surface area contributed by atoms with Gasteiger partial charge in [0.05, 0.1) is 10.2 Å². The first kappa shape index (κ1) is 22.2. The zero-order valence-corrected chi connectivity index (χ0v) is 20.0. The van der Waals surface area contributed by atoms with Crippen LogP contribution in [0.1, 0.15) is 29.5 Å². The second-order valence-corrected chi connectivity index (χ2v) is 10.4. The molecule has 6 heteroatoms. The fourth-order valence-electron chi connectivity index (χ4n) is 3.02. The quantitative estimate of drug-likeness (QED) is 0.316. The molecule has 1 heterocycles. The molecule has 29 heavy (non-hydrogen) atoms. The van der Waals surface area contributed by atoms with E-state index in [1.54, 1.807) is 23.1 Å². The van der Waals surface area contributed by atoms with Gasteiger partial charge in [0.2, 0.25) is 5.91 Å². The van der Waals surface area contributed by atoms with E-state index in [2.05, 4.69) is 73.0 Å². The number of benzene rings is 2. The molecule has 0 radical (unpaired) electrons. The van der Waals surface area contributed by atoms with Crippen LogP contribution in [-0.2, 0) is 11.3 Å². The Balaban J connectivity index is 1.70. The predicted molar refractivity (Wildman–Crippen MR) is 129 cm³/mol. The van der Waals surface area contributed by atoms with Gasteiger partial charge in [0, 0.05) is 23.6 Å². The number of carbonyl (C=O) groups excluding carboxylic acids is 1. The molecular formula is C23H28N2OS3. The summed E-state index contributed by atoms with van der Waals surface area (Å²) in [6.45, 7) is 7.24. The van der Waals surface area contributed by atoms with E-state index in [1.807, 2.05) is 11.8 Å². The molecule has 0 aliphatic rings. The van der Waals surface area contributed by atoms with Crippen LogP contribution in [0.4, 0.5) is 0 Å². The molecule has 0 saturated heterocycles. The zero-order chi connectivity index (χ0) is 20.8. The van der Waals surface area contributed by atoms with E-state index in [-0.39, 0.29) is 5.91 Å². The smallest absolute Gasteiger partial charge is 0.248 e. The molecule has 0 fully saturated rings. The van der Waals surface area contributed by atoms with Crippen LogP contribution in [0.5, 0.6) is 0 Å². The average molecular weight is 445 g/mol. The van der Waals surface area contributed by atoms with Crippen LogP contribution >= 0.6 is 34.9 Å². The van der Waals surface area contributed by atoms with E-state index in [1.165, 1.54) is 31.8 Å². The molecule has 2 aromatic carbocycles. The highest BCUT2D eigenvalue weighted by Crippen LogP contribution is 2.23. The van der Waals surface area contributed by atoms with E-state index < -0.39 is 0 Å². The van der Waals surface area contributed by atoms with Gasteiger partial charge in [0.1, 0.15) is 0 Å². The van der Waals surface area contributed by atoms with Gasteiger partial charge in [-0.3, -0.25) is 4.79 Å². The van der Waals surface area contributed by atoms with Crippen molar-refractivity contribution in [2.45, 2.75) is 45.1 Å². The molecule has 0 aliphatic heterocycles. The van der Waals surface area contributed by atoms with Crippen LogP contribution in [0.15, 0.2) is 46.3 Å². The van der Waals surface area contributed by atoms with Crippen LogP contribution in [0.25, 0.3) is 10.2 Å². The Morgan fingerprint density at radius 3 is 2.52 bits per heavy atom. The molecule has 3 nitrogen and oxygen atoms in total. The van der Waals surface area contributed by atoms with Gasteiger partial charge in [0.15, 0.2) is 4.80 Å². The first-order valence-electron chi connectivity index (χ1n) is 9.84. The van der Waals surface area contributed by atoms with E-state index in [0.29, 0.717) is 6.42 Å². The molecule has 0 aliphatic carbocycles. The van der Waals surface area contributed by atoms with Gasteiger partial charge in [-0.25, -0.2) is 0 Å². The number of fused-ring (bicyclic) bond motifs is 1. The van der Waals surface area contributed by atoms with Gasteiger partial charge >= 0.3 is 0 Å². The molecule has 0 N–H and O–H groups in total. The minimum absolute atomic E-state index is 0.0209. The van der Waals surface area contributed by atoms with Crippen molar-refractivity contribution in [1.82, 2.24) is 4.57 Å². The molecule has 0 spiro atoms. The maximum Gasteiger partial charge on any atom is 0.248 e. The summed E-state index contributed by atoms with van der Waals surface area (Å²) in [5.41, 5.74) is 5.02. The van der Waals surface area contributed by atoms with Crippen molar-refractivity contribution in [3.63, 3.8) is 0 Å². The number of rotatable bonds is 8. The Morgan fingerprint density at radius 1 is 1.07 bits per heavy atom. The minimum atomic E-state index is -0.0209. The van der Waals surface area contributed by atoms with Crippen molar-refractivity contribution >= 4 is 51.0 Å². The first-order chi connectivity index (χ1) is 14.0. The van der Waals surface area contributed by atoms with Crippen molar-refractivity contribution in [1.29, 1.82) is 0 Å². The normalized spacial score (nSPS) is 12.1. The summed E-state index contributed by atoms with van der Waals surface area (Å²) in [5, 5.41) is 0. The predicted octanol–water partition coefficient (Wildman–Crippen LogP) is 5.99. The maximum absolute atomic E-state index is 12.5. The van der Waals surface area contributed by atoms with Crippen LogP contribution in [-0.4, -0.2) is 28.2 Å². The largest absolute Gasteiger partial charge is 0.316 e. The number of thioether (sulfide) groups is 2. The lowest BCUT2D eigenvalue weighted by molar-refractivity contribution is -0.118. The lowest BCUT2D eigenvalue weighted by Crippen LogP contribution is -2.18. The van der Waals surface area contributed by atoms with Crippen LogP contribution in [0.2, 0.25) is 0 Å². The molecule has 3 rings (SSSR count). The summed E-state index contributed by atoms with van der Waals surface area (Å²) in [5.74, 6) is 1.92. The Morgan fingerprint density at radius 2 is 1.79 bits per heavy atom.